The van der Waals surface area contributed by atoms with Gasteiger partial charge >= 0.3 is 0 Å². The Labute approximate surface area is 170 Å². The van der Waals surface area contributed by atoms with Crippen molar-refractivity contribution in [2.45, 2.75) is 13.3 Å². The molecule has 1 aromatic carbocycles. The van der Waals surface area contributed by atoms with Crippen molar-refractivity contribution in [3.05, 3.63) is 80.8 Å². The Hall–Kier alpha value is -3.52. The lowest BCUT2D eigenvalue weighted by molar-refractivity contribution is 0.103. The molecule has 0 saturated heterocycles. The summed E-state index contributed by atoms with van der Waals surface area (Å²) in [5, 5.41) is 3.25. The van der Waals surface area contributed by atoms with Crippen molar-refractivity contribution >= 4 is 33.1 Å². The SMILES string of the molecule is COc1ccc(NC(=O)c2sc3nc(Cc4ccccc4)[nH]c(=O)c3c2C)cn1. The first kappa shape index (κ1) is 18.8. The van der Waals surface area contributed by atoms with Crippen LogP contribution in [0.25, 0.3) is 10.2 Å². The fourth-order valence-electron chi connectivity index (χ4n) is 3.04. The lowest BCUT2D eigenvalue weighted by atomic mass is 10.1. The van der Waals surface area contributed by atoms with Gasteiger partial charge in [-0.25, -0.2) is 9.97 Å². The zero-order chi connectivity index (χ0) is 20.4. The maximum Gasteiger partial charge on any atom is 0.266 e. The molecule has 0 unspecified atom stereocenters. The smallest absolute Gasteiger partial charge is 0.266 e. The minimum Gasteiger partial charge on any atom is -0.481 e. The molecule has 0 aliphatic carbocycles. The van der Waals surface area contributed by atoms with Crippen LogP contribution in [-0.2, 0) is 6.42 Å². The van der Waals surface area contributed by atoms with Gasteiger partial charge in [-0.3, -0.25) is 9.59 Å². The van der Waals surface area contributed by atoms with Crippen LogP contribution >= 0.6 is 11.3 Å². The second kappa shape index (κ2) is 7.84. The highest BCUT2D eigenvalue weighted by Gasteiger charge is 2.19. The Balaban J connectivity index is 1.64. The quantitative estimate of drug-likeness (QED) is 0.528. The molecule has 8 heteroatoms. The topological polar surface area (TPSA) is 97.0 Å². The van der Waals surface area contributed by atoms with Crippen molar-refractivity contribution in [1.82, 2.24) is 15.0 Å². The first-order valence-corrected chi connectivity index (χ1v) is 9.74. The number of nitrogens with one attached hydrogen (secondary N) is 2. The summed E-state index contributed by atoms with van der Waals surface area (Å²) in [6.07, 6.45) is 2.03. The molecule has 0 radical (unpaired) electrons. The molecule has 29 heavy (non-hydrogen) atoms. The van der Waals surface area contributed by atoms with E-state index in [-0.39, 0.29) is 11.5 Å². The third-order valence-electron chi connectivity index (χ3n) is 4.47. The molecule has 0 bridgehead atoms. The number of rotatable bonds is 5. The molecule has 0 aliphatic rings. The van der Waals surface area contributed by atoms with E-state index in [1.54, 1.807) is 19.1 Å². The summed E-state index contributed by atoms with van der Waals surface area (Å²) in [4.78, 5) is 37.9. The van der Waals surface area contributed by atoms with Crippen molar-refractivity contribution in [3.63, 3.8) is 0 Å². The number of fused-ring (bicyclic) bond motifs is 1. The molecular formula is C21H18N4O3S. The number of methoxy groups -OCH3 is 1. The van der Waals surface area contributed by atoms with Gasteiger partial charge in [-0.15, -0.1) is 11.3 Å². The zero-order valence-electron chi connectivity index (χ0n) is 15.9. The second-order valence-electron chi connectivity index (χ2n) is 6.45. The predicted molar refractivity (Wildman–Crippen MR) is 113 cm³/mol. The number of aryl methyl sites for hydroxylation is 1. The standard InChI is InChI=1S/C21H18N4O3S/c1-12-17-19(26)24-15(10-13-6-4-3-5-7-13)25-21(17)29-18(12)20(27)23-14-8-9-16(28-2)22-11-14/h3-9,11H,10H2,1-2H3,(H,23,27)(H,24,25,26). The average molecular weight is 406 g/mol. The zero-order valence-corrected chi connectivity index (χ0v) is 16.7. The van der Waals surface area contributed by atoms with E-state index >= 15 is 0 Å². The van der Waals surface area contributed by atoms with E-state index in [0.717, 1.165) is 5.56 Å². The van der Waals surface area contributed by atoms with Gasteiger partial charge in [0.2, 0.25) is 5.88 Å². The number of hydrogen-bond donors (Lipinski definition) is 2. The van der Waals surface area contributed by atoms with Crippen molar-refractivity contribution in [2.24, 2.45) is 0 Å². The Kier molecular flexibility index (Phi) is 5.09. The molecule has 0 aliphatic heterocycles. The van der Waals surface area contributed by atoms with Gasteiger partial charge in [-0.05, 0) is 24.1 Å². The molecule has 4 rings (SSSR count). The molecule has 3 heterocycles. The van der Waals surface area contributed by atoms with Crippen molar-refractivity contribution in [1.29, 1.82) is 0 Å². The number of carbonyl (C=O) groups excluding carboxylic acids is 1. The van der Waals surface area contributed by atoms with Crippen LogP contribution in [0.4, 0.5) is 5.69 Å². The van der Waals surface area contributed by atoms with Gasteiger partial charge in [0, 0.05) is 12.5 Å². The van der Waals surface area contributed by atoms with Crippen LogP contribution in [0.1, 0.15) is 26.6 Å². The Bertz CT molecular complexity index is 1230. The van der Waals surface area contributed by atoms with Crippen molar-refractivity contribution in [3.8, 4) is 5.88 Å². The van der Waals surface area contributed by atoms with Gasteiger partial charge in [-0.2, -0.15) is 0 Å². The minimum atomic E-state index is -0.304. The van der Waals surface area contributed by atoms with Crippen molar-refractivity contribution in [2.75, 3.05) is 12.4 Å². The highest BCUT2D eigenvalue weighted by molar-refractivity contribution is 7.20. The van der Waals surface area contributed by atoms with Crippen LogP contribution in [-0.4, -0.2) is 28.0 Å². The average Bonchev–Trinajstić information content (AvgIpc) is 3.06. The van der Waals surface area contributed by atoms with Crippen LogP contribution in [0, 0.1) is 6.92 Å². The number of benzene rings is 1. The van der Waals surface area contributed by atoms with Crippen LogP contribution in [0.3, 0.4) is 0 Å². The summed E-state index contributed by atoms with van der Waals surface area (Å²) in [7, 11) is 1.53. The van der Waals surface area contributed by atoms with E-state index in [1.165, 1.54) is 24.6 Å². The predicted octanol–water partition coefficient (Wildman–Crippen LogP) is 3.54. The second-order valence-corrected chi connectivity index (χ2v) is 7.45. The van der Waals surface area contributed by atoms with Gasteiger partial charge in [0.05, 0.1) is 29.3 Å². The first-order chi connectivity index (χ1) is 14.0. The molecule has 4 aromatic rings. The van der Waals surface area contributed by atoms with Crippen LogP contribution in [0.15, 0.2) is 53.5 Å². The molecule has 7 nitrogen and oxygen atoms in total. The van der Waals surface area contributed by atoms with Crippen LogP contribution < -0.4 is 15.6 Å². The van der Waals surface area contributed by atoms with E-state index in [9.17, 15) is 9.59 Å². The minimum absolute atomic E-state index is 0.236. The van der Waals surface area contributed by atoms with E-state index in [4.69, 9.17) is 4.74 Å². The summed E-state index contributed by atoms with van der Waals surface area (Å²) in [5.41, 5.74) is 1.97. The largest absolute Gasteiger partial charge is 0.481 e. The van der Waals surface area contributed by atoms with Crippen molar-refractivity contribution < 1.29 is 9.53 Å². The fraction of sp³-hybridized carbons (Fsp3) is 0.143. The number of aromatic nitrogens is 3. The molecule has 0 fully saturated rings. The summed E-state index contributed by atoms with van der Waals surface area (Å²) >= 11 is 1.21. The van der Waals surface area contributed by atoms with Crippen LogP contribution in [0.2, 0.25) is 0 Å². The van der Waals surface area contributed by atoms with Gasteiger partial charge in [0.15, 0.2) is 0 Å². The van der Waals surface area contributed by atoms with E-state index < -0.39 is 0 Å². The number of carbonyl (C=O) groups is 1. The monoisotopic (exact) mass is 406 g/mol. The van der Waals surface area contributed by atoms with E-state index in [1.807, 2.05) is 30.3 Å². The Morgan fingerprint density at radius 2 is 2.00 bits per heavy atom. The molecular weight excluding hydrogens is 388 g/mol. The van der Waals surface area contributed by atoms with Gasteiger partial charge in [0.25, 0.3) is 11.5 Å². The van der Waals surface area contributed by atoms with Gasteiger partial charge in [-0.1, -0.05) is 30.3 Å². The number of aromatic amines is 1. The maximum atomic E-state index is 12.7. The lowest BCUT2D eigenvalue weighted by Gasteiger charge is -2.04. The van der Waals surface area contributed by atoms with E-state index in [2.05, 4.69) is 20.3 Å². The van der Waals surface area contributed by atoms with Crippen LogP contribution in [0.5, 0.6) is 5.88 Å². The normalized spacial score (nSPS) is 10.8. The van der Waals surface area contributed by atoms with Gasteiger partial charge in [0.1, 0.15) is 10.7 Å². The Morgan fingerprint density at radius 3 is 2.69 bits per heavy atom. The number of hydrogen-bond acceptors (Lipinski definition) is 6. The molecule has 1 amide bonds. The summed E-state index contributed by atoms with van der Waals surface area (Å²) in [6, 6.07) is 13.1. The molecule has 3 aromatic heterocycles. The summed E-state index contributed by atoms with van der Waals surface area (Å²) in [6.45, 7) is 1.76. The molecule has 0 atom stereocenters. The highest BCUT2D eigenvalue weighted by atomic mass is 32.1. The highest BCUT2D eigenvalue weighted by Crippen LogP contribution is 2.28. The number of nitrogens with zero attached hydrogens (tertiary/aromatic N) is 2. The lowest BCUT2D eigenvalue weighted by Crippen LogP contribution is -2.13. The molecule has 146 valence electrons. The fourth-order valence-corrected chi connectivity index (χ4v) is 4.14. The maximum absolute atomic E-state index is 12.7. The summed E-state index contributed by atoms with van der Waals surface area (Å²) in [5.74, 6) is 0.727. The number of H-pyrrole nitrogens is 1. The number of amides is 1. The van der Waals surface area contributed by atoms with Gasteiger partial charge < -0.3 is 15.0 Å². The number of anilines is 1. The number of thiophene rings is 1. The molecule has 0 spiro atoms. The molecule has 0 saturated carbocycles. The van der Waals surface area contributed by atoms with E-state index in [0.29, 0.717) is 44.5 Å². The molecule has 2 N–H and O–H groups in total. The third-order valence-corrected chi connectivity index (χ3v) is 5.66. The summed E-state index contributed by atoms with van der Waals surface area (Å²) < 4.78 is 5.02. The third kappa shape index (κ3) is 3.88. The number of pyridine rings is 1. The Morgan fingerprint density at radius 1 is 1.21 bits per heavy atom. The first-order valence-electron chi connectivity index (χ1n) is 8.93. The number of ether oxygens (including phenoxy) is 1.